The first-order valence-corrected chi connectivity index (χ1v) is 8.97. The molecule has 8 heteroatoms. The van der Waals surface area contributed by atoms with Crippen LogP contribution in [0.25, 0.3) is 11.5 Å². The number of piperazine rings is 1. The van der Waals surface area contributed by atoms with Crippen molar-refractivity contribution in [1.82, 2.24) is 20.0 Å². The summed E-state index contributed by atoms with van der Waals surface area (Å²) < 4.78 is 10.4. The van der Waals surface area contributed by atoms with Crippen molar-refractivity contribution < 1.29 is 18.7 Å². The van der Waals surface area contributed by atoms with Crippen LogP contribution in [0.5, 0.6) is 5.75 Å². The highest BCUT2D eigenvalue weighted by Crippen LogP contribution is 2.19. The normalized spacial score (nSPS) is 14.2. The SMILES string of the molecule is COc1ccc(C(=O)N2CCN(C(=O)c3cc(-c4ccco4)[nH]n3)CC2)cc1. The lowest BCUT2D eigenvalue weighted by molar-refractivity contribution is 0.0532. The molecule has 1 aliphatic rings. The summed E-state index contributed by atoms with van der Waals surface area (Å²) in [5.74, 6) is 1.13. The topological polar surface area (TPSA) is 91.7 Å². The quantitative estimate of drug-likeness (QED) is 0.750. The molecule has 0 spiro atoms. The first-order chi connectivity index (χ1) is 13.7. The number of hydrogen-bond acceptors (Lipinski definition) is 5. The number of rotatable bonds is 4. The van der Waals surface area contributed by atoms with E-state index in [0.717, 1.165) is 0 Å². The highest BCUT2D eigenvalue weighted by Gasteiger charge is 2.27. The van der Waals surface area contributed by atoms with E-state index in [1.54, 1.807) is 65.6 Å². The van der Waals surface area contributed by atoms with Gasteiger partial charge in [-0.1, -0.05) is 0 Å². The van der Waals surface area contributed by atoms with Crippen molar-refractivity contribution in [2.24, 2.45) is 0 Å². The zero-order chi connectivity index (χ0) is 19.5. The van der Waals surface area contributed by atoms with Gasteiger partial charge in [0.05, 0.1) is 13.4 Å². The fourth-order valence-electron chi connectivity index (χ4n) is 3.18. The van der Waals surface area contributed by atoms with Gasteiger partial charge in [0.15, 0.2) is 11.5 Å². The summed E-state index contributed by atoms with van der Waals surface area (Å²) in [7, 11) is 1.59. The first kappa shape index (κ1) is 17.8. The fourth-order valence-corrected chi connectivity index (χ4v) is 3.18. The van der Waals surface area contributed by atoms with Crippen molar-refractivity contribution in [3.05, 3.63) is 60.0 Å². The number of benzene rings is 1. The van der Waals surface area contributed by atoms with Gasteiger partial charge in [0.2, 0.25) is 0 Å². The Morgan fingerprint density at radius 1 is 1.04 bits per heavy atom. The van der Waals surface area contributed by atoms with E-state index >= 15 is 0 Å². The number of nitrogens with zero attached hydrogens (tertiary/aromatic N) is 3. The lowest BCUT2D eigenvalue weighted by Crippen LogP contribution is -2.50. The molecule has 2 amide bonds. The average molecular weight is 380 g/mol. The van der Waals surface area contributed by atoms with E-state index in [1.807, 2.05) is 0 Å². The van der Waals surface area contributed by atoms with Crippen molar-refractivity contribution in [3.8, 4) is 17.2 Å². The number of furan rings is 1. The van der Waals surface area contributed by atoms with Crippen LogP contribution in [0, 0.1) is 0 Å². The van der Waals surface area contributed by atoms with Crippen LogP contribution in [0.2, 0.25) is 0 Å². The van der Waals surface area contributed by atoms with E-state index < -0.39 is 0 Å². The largest absolute Gasteiger partial charge is 0.497 e. The summed E-state index contributed by atoms with van der Waals surface area (Å²) >= 11 is 0. The van der Waals surface area contributed by atoms with Crippen molar-refractivity contribution in [1.29, 1.82) is 0 Å². The predicted molar refractivity (Wildman–Crippen MR) is 101 cm³/mol. The van der Waals surface area contributed by atoms with E-state index in [1.165, 1.54) is 0 Å². The number of hydrogen-bond donors (Lipinski definition) is 1. The number of carbonyl (C=O) groups is 2. The summed E-state index contributed by atoms with van der Waals surface area (Å²) in [5, 5.41) is 6.92. The van der Waals surface area contributed by atoms with Crippen LogP contribution in [0.4, 0.5) is 0 Å². The van der Waals surface area contributed by atoms with Crippen molar-refractivity contribution in [3.63, 3.8) is 0 Å². The number of H-pyrrole nitrogens is 1. The molecule has 0 atom stereocenters. The molecule has 0 bridgehead atoms. The van der Waals surface area contributed by atoms with Gasteiger partial charge in [-0.15, -0.1) is 0 Å². The Bertz CT molecular complexity index is 955. The molecule has 1 aromatic carbocycles. The zero-order valence-electron chi connectivity index (χ0n) is 15.4. The maximum atomic E-state index is 12.7. The third-order valence-electron chi connectivity index (χ3n) is 4.77. The lowest BCUT2D eigenvalue weighted by atomic mass is 10.1. The Morgan fingerprint density at radius 3 is 2.32 bits per heavy atom. The molecule has 0 saturated carbocycles. The molecule has 1 aliphatic heterocycles. The smallest absolute Gasteiger partial charge is 0.274 e. The minimum atomic E-state index is -0.161. The molecular weight excluding hydrogens is 360 g/mol. The standard InChI is InChI=1S/C20H20N4O4/c1-27-15-6-4-14(5-7-15)19(25)23-8-10-24(11-9-23)20(26)17-13-16(21-22-17)18-3-2-12-28-18/h2-7,12-13H,8-11H2,1H3,(H,21,22). The number of amides is 2. The van der Waals surface area contributed by atoms with Crippen molar-refractivity contribution in [2.75, 3.05) is 33.3 Å². The second-order valence-electron chi connectivity index (χ2n) is 6.46. The van der Waals surface area contributed by atoms with Crippen LogP contribution in [-0.4, -0.2) is 65.1 Å². The molecule has 0 aliphatic carbocycles. The highest BCUT2D eigenvalue weighted by atomic mass is 16.5. The molecule has 2 aromatic heterocycles. The Labute approximate surface area is 161 Å². The second kappa shape index (κ2) is 7.59. The summed E-state index contributed by atoms with van der Waals surface area (Å²) in [6.45, 7) is 1.88. The van der Waals surface area contributed by atoms with Gasteiger partial charge < -0.3 is 19.0 Å². The lowest BCUT2D eigenvalue weighted by Gasteiger charge is -2.34. The molecule has 144 valence electrons. The molecule has 0 radical (unpaired) electrons. The maximum absolute atomic E-state index is 12.7. The van der Waals surface area contributed by atoms with Crippen LogP contribution in [0.15, 0.2) is 53.1 Å². The van der Waals surface area contributed by atoms with Gasteiger partial charge in [0.1, 0.15) is 11.4 Å². The third kappa shape index (κ3) is 3.48. The fraction of sp³-hybridized carbons (Fsp3) is 0.250. The average Bonchev–Trinajstić information content (AvgIpc) is 3.45. The highest BCUT2D eigenvalue weighted by molar-refractivity contribution is 5.95. The summed E-state index contributed by atoms with van der Waals surface area (Å²) in [5.41, 5.74) is 1.60. The zero-order valence-corrected chi connectivity index (χ0v) is 15.4. The van der Waals surface area contributed by atoms with Gasteiger partial charge in [0, 0.05) is 37.8 Å². The minimum Gasteiger partial charge on any atom is -0.497 e. The molecule has 1 fully saturated rings. The molecule has 28 heavy (non-hydrogen) atoms. The van der Waals surface area contributed by atoms with Crippen LogP contribution in [0.3, 0.4) is 0 Å². The monoisotopic (exact) mass is 380 g/mol. The number of methoxy groups -OCH3 is 1. The second-order valence-corrected chi connectivity index (χ2v) is 6.46. The van der Waals surface area contributed by atoms with E-state index in [9.17, 15) is 9.59 Å². The Balaban J connectivity index is 1.37. The van der Waals surface area contributed by atoms with Crippen molar-refractivity contribution >= 4 is 11.8 Å². The van der Waals surface area contributed by atoms with E-state index in [4.69, 9.17) is 9.15 Å². The molecule has 8 nitrogen and oxygen atoms in total. The molecule has 0 unspecified atom stereocenters. The van der Waals surface area contributed by atoms with Gasteiger partial charge >= 0.3 is 0 Å². The van der Waals surface area contributed by atoms with Crippen LogP contribution >= 0.6 is 0 Å². The summed E-state index contributed by atoms with van der Waals surface area (Å²) in [6, 6.07) is 12.3. The number of ether oxygens (including phenoxy) is 1. The van der Waals surface area contributed by atoms with E-state index in [0.29, 0.717) is 54.6 Å². The van der Waals surface area contributed by atoms with Gasteiger partial charge in [-0.2, -0.15) is 5.10 Å². The van der Waals surface area contributed by atoms with Gasteiger partial charge in [0.25, 0.3) is 11.8 Å². The number of aromatic amines is 1. The molecule has 3 aromatic rings. The molecule has 3 heterocycles. The summed E-state index contributed by atoms with van der Waals surface area (Å²) in [6.07, 6.45) is 1.57. The van der Waals surface area contributed by atoms with Crippen LogP contribution in [-0.2, 0) is 0 Å². The Kier molecular flexibility index (Phi) is 4.84. The van der Waals surface area contributed by atoms with E-state index in [-0.39, 0.29) is 11.8 Å². The summed E-state index contributed by atoms with van der Waals surface area (Å²) in [4.78, 5) is 28.8. The van der Waals surface area contributed by atoms with Crippen molar-refractivity contribution in [2.45, 2.75) is 0 Å². The third-order valence-corrected chi connectivity index (χ3v) is 4.77. The number of nitrogens with one attached hydrogen (secondary N) is 1. The number of aromatic nitrogens is 2. The Hall–Kier alpha value is -3.55. The van der Waals surface area contributed by atoms with Gasteiger partial charge in [-0.05, 0) is 36.4 Å². The maximum Gasteiger partial charge on any atom is 0.274 e. The molecule has 4 rings (SSSR count). The Morgan fingerprint density at radius 2 is 1.71 bits per heavy atom. The van der Waals surface area contributed by atoms with Gasteiger partial charge in [-0.25, -0.2) is 0 Å². The van der Waals surface area contributed by atoms with Crippen LogP contribution in [0.1, 0.15) is 20.8 Å². The molecular formula is C20H20N4O4. The van der Waals surface area contributed by atoms with Crippen LogP contribution < -0.4 is 4.74 Å². The first-order valence-electron chi connectivity index (χ1n) is 8.97. The molecule has 1 N–H and O–H groups in total. The predicted octanol–water partition coefficient (Wildman–Crippen LogP) is 2.28. The number of carbonyl (C=O) groups excluding carboxylic acids is 2. The van der Waals surface area contributed by atoms with Gasteiger partial charge in [-0.3, -0.25) is 14.7 Å². The minimum absolute atomic E-state index is 0.0466. The van der Waals surface area contributed by atoms with E-state index in [2.05, 4.69) is 10.2 Å². The molecule has 1 saturated heterocycles.